The van der Waals surface area contributed by atoms with Crippen molar-refractivity contribution in [3.63, 3.8) is 0 Å². The van der Waals surface area contributed by atoms with Crippen LogP contribution < -0.4 is 14.2 Å². The van der Waals surface area contributed by atoms with E-state index >= 15 is 0 Å². The first-order valence-electron chi connectivity index (χ1n) is 14.4. The summed E-state index contributed by atoms with van der Waals surface area (Å²) in [4.78, 5) is 32.5. The molecule has 0 radical (unpaired) electrons. The van der Waals surface area contributed by atoms with Crippen molar-refractivity contribution >= 4 is 23.2 Å². The van der Waals surface area contributed by atoms with Crippen molar-refractivity contribution in [1.29, 1.82) is 0 Å². The van der Waals surface area contributed by atoms with Crippen molar-refractivity contribution in [1.82, 2.24) is 9.80 Å². The van der Waals surface area contributed by atoms with Gasteiger partial charge in [0.25, 0.3) is 5.91 Å². The zero-order valence-electron chi connectivity index (χ0n) is 23.5. The lowest BCUT2D eigenvalue weighted by Crippen LogP contribution is -2.49. The molecular formula is C32H36N2O6S. The molecule has 1 fully saturated rings. The number of nitrogens with zero attached hydrogens (tertiary/aromatic N) is 2. The molecule has 8 nitrogen and oxygen atoms in total. The van der Waals surface area contributed by atoms with Gasteiger partial charge in [-0.2, -0.15) is 0 Å². The van der Waals surface area contributed by atoms with E-state index in [1.54, 1.807) is 34.4 Å². The molecule has 2 amide bonds. The number of carbonyl (C=O) groups excluding carboxylic acids is 2. The molecular weight excluding hydrogens is 540 g/mol. The Hall–Kier alpha value is -3.56. The molecule has 2 atom stereocenters. The minimum Gasteiger partial charge on any atom is -0.491 e. The third kappa shape index (κ3) is 6.06. The summed E-state index contributed by atoms with van der Waals surface area (Å²) in [6, 6.07) is 15.2. The van der Waals surface area contributed by atoms with E-state index in [4.69, 9.17) is 18.9 Å². The molecule has 3 aliphatic heterocycles. The SMILES string of the molecule is CC(C)c1ccc(OCC2c3ccsc3CCN2C(=O)CN(CC2CCCO2)C(=O)c2ccc3c(c2)OCO3)cc1. The van der Waals surface area contributed by atoms with E-state index in [2.05, 4.69) is 37.4 Å². The van der Waals surface area contributed by atoms with E-state index in [1.165, 1.54) is 10.4 Å². The lowest BCUT2D eigenvalue weighted by molar-refractivity contribution is -0.135. The predicted octanol–water partition coefficient (Wildman–Crippen LogP) is 5.43. The fraction of sp³-hybridized carbons (Fsp3) is 0.438. The minimum absolute atomic E-state index is 0.0355. The number of benzene rings is 2. The van der Waals surface area contributed by atoms with Crippen LogP contribution in [-0.2, 0) is 16.0 Å². The van der Waals surface area contributed by atoms with Crippen LogP contribution in [0.15, 0.2) is 53.9 Å². The number of amides is 2. The van der Waals surface area contributed by atoms with Crippen LogP contribution in [0.25, 0.3) is 0 Å². The Bertz CT molecular complexity index is 1380. The van der Waals surface area contributed by atoms with Crippen LogP contribution in [0.1, 0.15) is 65.0 Å². The molecule has 3 aromatic rings. The number of fused-ring (bicyclic) bond motifs is 2. The maximum atomic E-state index is 14.0. The van der Waals surface area contributed by atoms with E-state index in [0.717, 1.165) is 30.6 Å². The molecule has 41 heavy (non-hydrogen) atoms. The fourth-order valence-corrected chi connectivity index (χ4v) is 6.65. The Kier molecular flexibility index (Phi) is 8.16. The predicted molar refractivity (Wildman–Crippen MR) is 156 cm³/mol. The van der Waals surface area contributed by atoms with Crippen LogP contribution in [-0.4, -0.2) is 67.4 Å². The molecule has 216 valence electrons. The second-order valence-corrected chi connectivity index (χ2v) is 12.1. The van der Waals surface area contributed by atoms with Gasteiger partial charge in [-0.1, -0.05) is 26.0 Å². The Morgan fingerprint density at radius 1 is 1.10 bits per heavy atom. The Morgan fingerprint density at radius 3 is 2.71 bits per heavy atom. The first-order valence-corrected chi connectivity index (χ1v) is 15.2. The molecule has 3 aliphatic rings. The molecule has 4 heterocycles. The summed E-state index contributed by atoms with van der Waals surface area (Å²) < 4.78 is 23.0. The quantitative estimate of drug-likeness (QED) is 0.338. The number of carbonyl (C=O) groups is 2. The van der Waals surface area contributed by atoms with Gasteiger partial charge >= 0.3 is 0 Å². The molecule has 0 saturated carbocycles. The maximum Gasteiger partial charge on any atom is 0.254 e. The van der Waals surface area contributed by atoms with Gasteiger partial charge in [0.2, 0.25) is 12.7 Å². The van der Waals surface area contributed by atoms with Gasteiger partial charge < -0.3 is 28.7 Å². The fourth-order valence-electron chi connectivity index (χ4n) is 5.72. The summed E-state index contributed by atoms with van der Waals surface area (Å²) in [6.07, 6.45) is 2.53. The molecule has 0 N–H and O–H groups in total. The molecule has 0 spiro atoms. The lowest BCUT2D eigenvalue weighted by atomic mass is 10.00. The molecule has 0 bridgehead atoms. The topological polar surface area (TPSA) is 77.5 Å². The van der Waals surface area contributed by atoms with Crippen molar-refractivity contribution in [3.8, 4) is 17.2 Å². The highest BCUT2D eigenvalue weighted by atomic mass is 32.1. The Balaban J connectivity index is 1.20. The van der Waals surface area contributed by atoms with E-state index in [9.17, 15) is 9.59 Å². The summed E-state index contributed by atoms with van der Waals surface area (Å²) in [5.74, 6) is 2.06. The lowest BCUT2D eigenvalue weighted by Gasteiger charge is -2.37. The highest BCUT2D eigenvalue weighted by Gasteiger charge is 2.35. The smallest absolute Gasteiger partial charge is 0.254 e. The van der Waals surface area contributed by atoms with Gasteiger partial charge in [0.05, 0.1) is 12.1 Å². The number of rotatable bonds is 9. The van der Waals surface area contributed by atoms with Crippen molar-refractivity contribution in [2.24, 2.45) is 0 Å². The van der Waals surface area contributed by atoms with E-state index < -0.39 is 0 Å². The van der Waals surface area contributed by atoms with Gasteiger partial charge in [-0.15, -0.1) is 11.3 Å². The van der Waals surface area contributed by atoms with Gasteiger partial charge in [-0.25, -0.2) is 0 Å². The molecule has 9 heteroatoms. The van der Waals surface area contributed by atoms with E-state index in [1.807, 2.05) is 17.0 Å². The number of hydrogen-bond donors (Lipinski definition) is 0. The minimum atomic E-state index is -0.229. The average Bonchev–Trinajstić information content (AvgIpc) is 3.77. The molecule has 6 rings (SSSR count). The first-order chi connectivity index (χ1) is 20.0. The number of ether oxygens (including phenoxy) is 4. The average molecular weight is 577 g/mol. The second kappa shape index (κ2) is 12.1. The molecule has 1 saturated heterocycles. The first kappa shape index (κ1) is 27.6. The van der Waals surface area contributed by atoms with Gasteiger partial charge in [-0.3, -0.25) is 9.59 Å². The van der Waals surface area contributed by atoms with Crippen molar-refractivity contribution < 1.29 is 28.5 Å². The summed E-state index contributed by atoms with van der Waals surface area (Å²) in [5, 5.41) is 2.08. The monoisotopic (exact) mass is 576 g/mol. The number of hydrogen-bond acceptors (Lipinski definition) is 7. The molecule has 2 aromatic carbocycles. The van der Waals surface area contributed by atoms with Crippen molar-refractivity contribution in [2.75, 3.05) is 39.6 Å². The number of thiophene rings is 1. The van der Waals surface area contributed by atoms with Gasteiger partial charge in [-0.05, 0) is 78.1 Å². The zero-order chi connectivity index (χ0) is 28.3. The highest BCUT2D eigenvalue weighted by molar-refractivity contribution is 7.10. The van der Waals surface area contributed by atoms with Gasteiger partial charge in [0.15, 0.2) is 11.5 Å². The molecule has 1 aromatic heterocycles. The molecule has 2 unspecified atom stereocenters. The van der Waals surface area contributed by atoms with Crippen LogP contribution in [0.5, 0.6) is 17.2 Å². The second-order valence-electron chi connectivity index (χ2n) is 11.1. The summed E-state index contributed by atoms with van der Waals surface area (Å²) >= 11 is 1.72. The Labute approximate surface area is 244 Å². The Morgan fingerprint density at radius 2 is 1.93 bits per heavy atom. The summed E-state index contributed by atoms with van der Waals surface area (Å²) in [6.45, 7) is 6.39. The zero-order valence-corrected chi connectivity index (χ0v) is 24.4. The van der Waals surface area contributed by atoms with Crippen LogP contribution >= 0.6 is 11.3 Å². The summed E-state index contributed by atoms with van der Waals surface area (Å²) in [7, 11) is 0. The van der Waals surface area contributed by atoms with Crippen molar-refractivity contribution in [2.45, 2.75) is 51.2 Å². The largest absolute Gasteiger partial charge is 0.491 e. The maximum absolute atomic E-state index is 14.0. The standard InChI is InChI=1S/C32H36N2O6S/c1-21(2)22-5-8-24(9-6-22)38-19-27-26-12-15-41-30(26)11-13-34(27)31(35)18-33(17-25-4-3-14-37-25)32(36)23-7-10-28-29(16-23)40-20-39-28/h5-10,12,15-16,21,25,27H,3-4,11,13-14,17-20H2,1-2H3. The van der Waals surface area contributed by atoms with Gasteiger partial charge in [0, 0.05) is 30.1 Å². The third-order valence-electron chi connectivity index (χ3n) is 8.05. The third-order valence-corrected chi connectivity index (χ3v) is 9.05. The van der Waals surface area contributed by atoms with Crippen LogP contribution in [0.4, 0.5) is 0 Å². The van der Waals surface area contributed by atoms with Gasteiger partial charge in [0.1, 0.15) is 18.9 Å². The van der Waals surface area contributed by atoms with E-state index in [0.29, 0.717) is 49.3 Å². The molecule has 0 aliphatic carbocycles. The highest BCUT2D eigenvalue weighted by Crippen LogP contribution is 2.35. The van der Waals surface area contributed by atoms with Crippen LogP contribution in [0.2, 0.25) is 0 Å². The van der Waals surface area contributed by atoms with E-state index in [-0.39, 0.29) is 37.3 Å². The van der Waals surface area contributed by atoms with Crippen molar-refractivity contribution in [3.05, 3.63) is 75.5 Å². The van der Waals surface area contributed by atoms with Crippen LogP contribution in [0, 0.1) is 0 Å². The normalized spacial score (nSPS) is 19.3. The summed E-state index contributed by atoms with van der Waals surface area (Å²) in [5.41, 5.74) is 2.84. The van der Waals surface area contributed by atoms with Crippen LogP contribution in [0.3, 0.4) is 0 Å².